The van der Waals surface area contributed by atoms with Crippen molar-refractivity contribution in [1.82, 2.24) is 0 Å². The van der Waals surface area contributed by atoms with Crippen LogP contribution in [-0.4, -0.2) is 0 Å². The van der Waals surface area contributed by atoms with Gasteiger partial charge in [-0.25, -0.2) is 0 Å². The average molecular weight is 406 g/mol. The van der Waals surface area contributed by atoms with Crippen molar-refractivity contribution >= 4 is 17.5 Å². The first kappa shape index (κ1) is 20.7. The zero-order valence-electron chi connectivity index (χ0n) is 18.7. The van der Waals surface area contributed by atoms with Crippen molar-refractivity contribution in [3.8, 4) is 12.1 Å². The third kappa shape index (κ3) is 3.47. The van der Waals surface area contributed by atoms with Gasteiger partial charge in [0, 0.05) is 29.8 Å². The maximum absolute atomic E-state index is 10.2. The lowest BCUT2D eigenvalue weighted by atomic mass is 9.89. The third-order valence-corrected chi connectivity index (χ3v) is 6.37. The fraction of sp³-hybridized carbons (Fsp3) is 0.286. The van der Waals surface area contributed by atoms with E-state index in [1.54, 1.807) is 0 Å². The largest absolute Gasteiger partial charge is 0.311 e. The molecule has 31 heavy (non-hydrogen) atoms. The summed E-state index contributed by atoms with van der Waals surface area (Å²) >= 11 is 0. The minimum atomic E-state index is 0.412. The van der Waals surface area contributed by atoms with Gasteiger partial charge in [-0.3, -0.25) is 0 Å². The van der Waals surface area contributed by atoms with Gasteiger partial charge in [-0.05, 0) is 48.1 Å². The van der Waals surface area contributed by atoms with Crippen molar-refractivity contribution in [2.45, 2.75) is 47.0 Å². The molecule has 0 bridgehead atoms. The lowest BCUT2D eigenvalue weighted by molar-refractivity contribution is 0.739. The number of hydrogen-bond donors (Lipinski definition) is 0. The predicted molar refractivity (Wildman–Crippen MR) is 127 cm³/mol. The molecular weight excluding hydrogens is 378 g/mol. The molecule has 0 saturated heterocycles. The Morgan fingerprint density at radius 1 is 1.19 bits per heavy atom. The first-order valence-corrected chi connectivity index (χ1v) is 10.9. The first-order valence-electron chi connectivity index (χ1n) is 10.9. The van der Waals surface area contributed by atoms with Gasteiger partial charge in [0.25, 0.3) is 0 Å². The van der Waals surface area contributed by atoms with Crippen molar-refractivity contribution in [2.75, 3.05) is 4.90 Å². The molecule has 0 radical (unpaired) electrons. The molecule has 154 valence electrons. The van der Waals surface area contributed by atoms with E-state index in [2.05, 4.69) is 74.2 Å². The van der Waals surface area contributed by atoms with Crippen molar-refractivity contribution in [1.29, 1.82) is 10.5 Å². The second kappa shape index (κ2) is 8.29. The lowest BCUT2D eigenvalue weighted by Crippen LogP contribution is -2.24. The number of fused-ring (bicyclic) bond motifs is 1. The van der Waals surface area contributed by atoms with Gasteiger partial charge in [0.2, 0.25) is 0 Å². The molecule has 4 rings (SSSR count). The zero-order valence-corrected chi connectivity index (χ0v) is 18.7. The number of hydrogen-bond acceptors (Lipinski definition) is 3. The van der Waals surface area contributed by atoms with Gasteiger partial charge < -0.3 is 4.90 Å². The van der Waals surface area contributed by atoms with Crippen LogP contribution in [0, 0.1) is 35.5 Å². The monoisotopic (exact) mass is 405 g/mol. The summed E-state index contributed by atoms with van der Waals surface area (Å²) in [5, 5.41) is 20.0. The molecule has 0 unspecified atom stereocenters. The Labute approximate surface area is 185 Å². The topological polar surface area (TPSA) is 50.8 Å². The van der Waals surface area contributed by atoms with Gasteiger partial charge in [-0.2, -0.15) is 10.5 Å². The van der Waals surface area contributed by atoms with Gasteiger partial charge in [-0.15, -0.1) is 0 Å². The summed E-state index contributed by atoms with van der Waals surface area (Å²) in [6.45, 7) is 8.63. The lowest BCUT2D eigenvalue weighted by Gasteiger charge is -2.35. The normalized spacial score (nSPS) is 15.1. The third-order valence-electron chi connectivity index (χ3n) is 6.37. The number of nitrogens with zero attached hydrogens (tertiary/aromatic N) is 3. The zero-order chi connectivity index (χ0) is 22.1. The molecule has 0 atom stereocenters. The van der Waals surface area contributed by atoms with E-state index in [1.807, 2.05) is 19.1 Å². The van der Waals surface area contributed by atoms with Crippen molar-refractivity contribution in [3.63, 3.8) is 0 Å². The number of benzene rings is 2. The summed E-state index contributed by atoms with van der Waals surface area (Å²) in [7, 11) is 0. The summed E-state index contributed by atoms with van der Waals surface area (Å²) in [6.07, 6.45) is 9.32. The van der Waals surface area contributed by atoms with Gasteiger partial charge in [-0.1, -0.05) is 62.8 Å². The first-order chi connectivity index (χ1) is 15.0. The van der Waals surface area contributed by atoms with Gasteiger partial charge in [0.1, 0.15) is 12.1 Å². The van der Waals surface area contributed by atoms with Crippen molar-refractivity contribution in [2.24, 2.45) is 5.92 Å². The highest BCUT2D eigenvalue weighted by atomic mass is 15.2. The number of anilines is 2. The molecule has 0 saturated carbocycles. The van der Waals surface area contributed by atoms with E-state index in [1.165, 1.54) is 22.4 Å². The Morgan fingerprint density at radius 2 is 1.97 bits per heavy atom. The number of para-hydroxylation sites is 1. The van der Waals surface area contributed by atoms with Gasteiger partial charge in [0.05, 0.1) is 16.8 Å². The summed E-state index contributed by atoms with van der Waals surface area (Å²) in [5.74, 6) is 0.412. The highest BCUT2D eigenvalue weighted by Crippen LogP contribution is 2.47. The standard InChI is InChI=1S/C28H27N3/c1-5-20(18(2)3)15-24-19(4)13-23(16-29)25(17-30)28(24)31-26-11-7-6-9-21(26)14-22-10-8-12-27(22)31/h6-11,13,15,18H,5,12,14H2,1-4H3/b20-15-. The smallest absolute Gasteiger partial charge is 0.103 e. The Hall–Kier alpha value is -3.56. The van der Waals surface area contributed by atoms with Crippen LogP contribution in [0.2, 0.25) is 0 Å². The van der Waals surface area contributed by atoms with Crippen LogP contribution in [0.25, 0.3) is 6.08 Å². The second-order valence-electron chi connectivity index (χ2n) is 8.55. The molecule has 0 amide bonds. The molecule has 1 aliphatic carbocycles. The van der Waals surface area contributed by atoms with Crippen molar-refractivity contribution < 1.29 is 0 Å². The molecule has 2 aliphatic rings. The van der Waals surface area contributed by atoms with Crippen LogP contribution in [0.5, 0.6) is 0 Å². The molecule has 1 heterocycles. The van der Waals surface area contributed by atoms with E-state index in [4.69, 9.17) is 0 Å². The fourth-order valence-corrected chi connectivity index (χ4v) is 4.71. The number of nitriles is 2. The summed E-state index contributed by atoms with van der Waals surface area (Å²) < 4.78 is 0. The average Bonchev–Trinajstić information content (AvgIpc) is 3.23. The Bertz CT molecular complexity index is 1230. The highest BCUT2D eigenvalue weighted by molar-refractivity contribution is 5.88. The minimum absolute atomic E-state index is 0.412. The van der Waals surface area contributed by atoms with E-state index in [0.717, 1.165) is 41.8 Å². The minimum Gasteiger partial charge on any atom is -0.311 e. The highest BCUT2D eigenvalue weighted by Gasteiger charge is 2.31. The van der Waals surface area contributed by atoms with E-state index < -0.39 is 0 Å². The number of allylic oxidation sites excluding steroid dienone is 4. The summed E-state index contributed by atoms with van der Waals surface area (Å²) in [5.41, 5.74) is 9.97. The van der Waals surface area contributed by atoms with Crippen LogP contribution in [0.3, 0.4) is 0 Å². The van der Waals surface area contributed by atoms with Crippen LogP contribution >= 0.6 is 0 Å². The fourth-order valence-electron chi connectivity index (χ4n) is 4.71. The molecule has 2 aromatic carbocycles. The molecule has 1 aliphatic heterocycles. The summed E-state index contributed by atoms with van der Waals surface area (Å²) in [6, 6.07) is 14.9. The van der Waals surface area contributed by atoms with E-state index in [0.29, 0.717) is 17.0 Å². The van der Waals surface area contributed by atoms with Crippen LogP contribution in [-0.2, 0) is 6.42 Å². The van der Waals surface area contributed by atoms with Gasteiger partial charge >= 0.3 is 0 Å². The Morgan fingerprint density at radius 3 is 2.65 bits per heavy atom. The maximum atomic E-state index is 10.2. The van der Waals surface area contributed by atoms with Crippen LogP contribution < -0.4 is 4.90 Å². The van der Waals surface area contributed by atoms with E-state index >= 15 is 0 Å². The molecule has 2 aromatic rings. The molecule has 0 spiro atoms. The molecule has 0 aromatic heterocycles. The van der Waals surface area contributed by atoms with Crippen molar-refractivity contribution in [3.05, 3.63) is 87.1 Å². The van der Waals surface area contributed by atoms with E-state index in [-0.39, 0.29) is 0 Å². The van der Waals surface area contributed by atoms with Crippen LogP contribution in [0.4, 0.5) is 11.4 Å². The van der Waals surface area contributed by atoms with Crippen LogP contribution in [0.15, 0.2) is 59.3 Å². The maximum Gasteiger partial charge on any atom is 0.103 e. The number of aryl methyl sites for hydroxylation is 1. The molecule has 0 fully saturated rings. The predicted octanol–water partition coefficient (Wildman–Crippen LogP) is 7.10. The molecule has 3 nitrogen and oxygen atoms in total. The number of rotatable bonds is 4. The Balaban J connectivity index is 2.10. The molecular formula is C28H27N3. The second-order valence-corrected chi connectivity index (χ2v) is 8.55. The van der Waals surface area contributed by atoms with Gasteiger partial charge in [0.15, 0.2) is 0 Å². The SMILES string of the molecule is CC/C(=C/c1c(C)cc(C#N)c(C#N)c1N1C2=C(C=CC2)Cc2ccccc21)C(C)C. The molecule has 3 heteroatoms. The Kier molecular flexibility index (Phi) is 5.53. The quantitative estimate of drug-likeness (QED) is 0.545. The molecule has 0 N–H and O–H groups in total. The summed E-state index contributed by atoms with van der Waals surface area (Å²) in [4.78, 5) is 2.25. The van der Waals surface area contributed by atoms with Crippen LogP contribution in [0.1, 0.15) is 61.4 Å². The van der Waals surface area contributed by atoms with E-state index in [9.17, 15) is 10.5 Å².